The van der Waals surface area contributed by atoms with Crippen LogP contribution >= 0.6 is 0 Å². The van der Waals surface area contributed by atoms with Crippen LogP contribution in [0.25, 0.3) is 0 Å². The summed E-state index contributed by atoms with van der Waals surface area (Å²) in [7, 11) is 1.97. The maximum Gasteiger partial charge on any atom is 0.0949 e. The number of hydrogen-bond acceptors (Lipinski definition) is 2. The molecule has 1 aromatic carbocycles. The van der Waals surface area contributed by atoms with Crippen molar-refractivity contribution in [2.24, 2.45) is 5.92 Å². The second kappa shape index (κ2) is 5.29. The average Bonchev–Trinajstić information content (AvgIpc) is 3.09. The summed E-state index contributed by atoms with van der Waals surface area (Å²) in [5, 5.41) is 3.19. The maximum atomic E-state index is 5.93. The van der Waals surface area contributed by atoms with Gasteiger partial charge in [-0.2, -0.15) is 0 Å². The van der Waals surface area contributed by atoms with Gasteiger partial charge in [-0.3, -0.25) is 0 Å². The molecule has 1 unspecified atom stereocenters. The third-order valence-corrected chi connectivity index (χ3v) is 2.79. The van der Waals surface area contributed by atoms with Crippen LogP contribution in [-0.2, 0) is 4.74 Å². The van der Waals surface area contributed by atoms with Crippen molar-refractivity contribution in [3.63, 3.8) is 0 Å². The van der Waals surface area contributed by atoms with Crippen LogP contribution in [0.3, 0.4) is 0 Å². The smallest absolute Gasteiger partial charge is 0.0949 e. The van der Waals surface area contributed by atoms with Crippen LogP contribution in [-0.4, -0.2) is 20.2 Å². The highest BCUT2D eigenvalue weighted by atomic mass is 16.5. The van der Waals surface area contributed by atoms with Crippen LogP contribution in [0, 0.1) is 5.92 Å². The van der Waals surface area contributed by atoms with Gasteiger partial charge in [0.15, 0.2) is 0 Å². The van der Waals surface area contributed by atoms with E-state index in [4.69, 9.17) is 4.74 Å². The Labute approximate surface area is 91.6 Å². The van der Waals surface area contributed by atoms with E-state index in [2.05, 4.69) is 29.6 Å². The van der Waals surface area contributed by atoms with Gasteiger partial charge in [0, 0.05) is 6.54 Å². The topological polar surface area (TPSA) is 21.3 Å². The minimum Gasteiger partial charge on any atom is -0.372 e. The molecule has 1 fully saturated rings. The van der Waals surface area contributed by atoms with Crippen LogP contribution < -0.4 is 5.32 Å². The SMILES string of the molecule is CNCC(OCC1CC1)c1ccccc1. The van der Waals surface area contributed by atoms with Crippen molar-refractivity contribution >= 4 is 0 Å². The normalized spacial score (nSPS) is 17.7. The highest BCUT2D eigenvalue weighted by molar-refractivity contribution is 5.17. The van der Waals surface area contributed by atoms with E-state index in [0.717, 1.165) is 19.1 Å². The second-order valence-electron chi connectivity index (χ2n) is 4.23. The zero-order valence-corrected chi connectivity index (χ0v) is 9.28. The lowest BCUT2D eigenvalue weighted by atomic mass is 10.1. The maximum absolute atomic E-state index is 5.93. The van der Waals surface area contributed by atoms with E-state index < -0.39 is 0 Å². The first-order valence-corrected chi connectivity index (χ1v) is 5.71. The summed E-state index contributed by atoms with van der Waals surface area (Å²) in [6.07, 6.45) is 2.90. The molecular weight excluding hydrogens is 186 g/mol. The molecular formula is C13H19NO. The fourth-order valence-electron chi connectivity index (χ4n) is 1.66. The Morgan fingerprint density at radius 2 is 2.07 bits per heavy atom. The van der Waals surface area contributed by atoms with E-state index in [0.29, 0.717) is 0 Å². The summed E-state index contributed by atoms with van der Waals surface area (Å²) in [5.74, 6) is 0.827. The molecule has 2 rings (SSSR count). The van der Waals surface area contributed by atoms with Gasteiger partial charge in [0.1, 0.15) is 0 Å². The molecule has 1 atom stereocenters. The van der Waals surface area contributed by atoms with Crippen molar-refractivity contribution in [3.8, 4) is 0 Å². The molecule has 0 aromatic heterocycles. The third-order valence-electron chi connectivity index (χ3n) is 2.79. The van der Waals surface area contributed by atoms with Crippen LogP contribution in [0.5, 0.6) is 0 Å². The van der Waals surface area contributed by atoms with Gasteiger partial charge in [-0.25, -0.2) is 0 Å². The van der Waals surface area contributed by atoms with E-state index in [1.54, 1.807) is 0 Å². The molecule has 15 heavy (non-hydrogen) atoms. The summed E-state index contributed by atoms with van der Waals surface area (Å²) in [5.41, 5.74) is 1.27. The minimum atomic E-state index is 0.205. The molecule has 82 valence electrons. The monoisotopic (exact) mass is 205 g/mol. The lowest BCUT2D eigenvalue weighted by Gasteiger charge is -2.17. The molecule has 0 spiro atoms. The fraction of sp³-hybridized carbons (Fsp3) is 0.538. The highest BCUT2D eigenvalue weighted by Gasteiger charge is 2.23. The van der Waals surface area contributed by atoms with Crippen LogP contribution in [0.2, 0.25) is 0 Å². The summed E-state index contributed by atoms with van der Waals surface area (Å²) in [4.78, 5) is 0. The fourth-order valence-corrected chi connectivity index (χ4v) is 1.66. The first-order chi connectivity index (χ1) is 7.40. The van der Waals surface area contributed by atoms with Crippen molar-refractivity contribution < 1.29 is 4.74 Å². The lowest BCUT2D eigenvalue weighted by Crippen LogP contribution is -2.20. The van der Waals surface area contributed by atoms with E-state index in [-0.39, 0.29) is 6.10 Å². The number of benzene rings is 1. The molecule has 0 bridgehead atoms. The van der Waals surface area contributed by atoms with Crippen LogP contribution in [0.4, 0.5) is 0 Å². The molecule has 1 aliphatic rings. The van der Waals surface area contributed by atoms with Gasteiger partial charge in [-0.15, -0.1) is 0 Å². The lowest BCUT2D eigenvalue weighted by molar-refractivity contribution is 0.0465. The molecule has 2 nitrogen and oxygen atoms in total. The average molecular weight is 205 g/mol. The molecule has 0 aliphatic heterocycles. The van der Waals surface area contributed by atoms with Crippen molar-refractivity contribution in [3.05, 3.63) is 35.9 Å². The van der Waals surface area contributed by atoms with E-state index in [1.807, 2.05) is 13.1 Å². The van der Waals surface area contributed by atoms with E-state index in [9.17, 15) is 0 Å². The zero-order chi connectivity index (χ0) is 10.5. The summed E-state index contributed by atoms with van der Waals surface area (Å²) in [6, 6.07) is 10.4. The quantitative estimate of drug-likeness (QED) is 0.770. The van der Waals surface area contributed by atoms with Gasteiger partial charge in [-0.05, 0) is 31.4 Å². The number of rotatable bonds is 6. The number of ether oxygens (including phenoxy) is 1. The Hall–Kier alpha value is -0.860. The van der Waals surface area contributed by atoms with Gasteiger partial charge in [-0.1, -0.05) is 30.3 Å². The van der Waals surface area contributed by atoms with Gasteiger partial charge in [0.05, 0.1) is 12.7 Å². The van der Waals surface area contributed by atoms with Crippen LogP contribution in [0.15, 0.2) is 30.3 Å². The number of likely N-dealkylation sites (N-methyl/N-ethyl adjacent to an activating group) is 1. The van der Waals surface area contributed by atoms with Gasteiger partial charge in [0.25, 0.3) is 0 Å². The molecule has 1 aliphatic carbocycles. The molecule has 0 saturated heterocycles. The molecule has 2 heteroatoms. The van der Waals surface area contributed by atoms with Crippen molar-refractivity contribution in [2.45, 2.75) is 18.9 Å². The molecule has 1 saturated carbocycles. The van der Waals surface area contributed by atoms with Crippen molar-refractivity contribution in [1.82, 2.24) is 5.32 Å². The summed E-state index contributed by atoms with van der Waals surface area (Å²) in [6.45, 7) is 1.80. The molecule has 0 radical (unpaired) electrons. The summed E-state index contributed by atoms with van der Waals surface area (Å²) >= 11 is 0. The molecule has 0 amide bonds. The molecule has 1 N–H and O–H groups in total. The number of hydrogen-bond donors (Lipinski definition) is 1. The van der Waals surface area contributed by atoms with E-state index in [1.165, 1.54) is 18.4 Å². The van der Waals surface area contributed by atoms with Crippen molar-refractivity contribution in [2.75, 3.05) is 20.2 Å². The molecule has 0 heterocycles. The standard InChI is InChI=1S/C13H19NO/c1-14-9-13(15-10-11-7-8-11)12-5-3-2-4-6-12/h2-6,11,13-14H,7-10H2,1H3. The largest absolute Gasteiger partial charge is 0.372 e. The first kappa shape index (κ1) is 10.7. The van der Waals surface area contributed by atoms with E-state index >= 15 is 0 Å². The Bertz CT molecular complexity index is 282. The highest BCUT2D eigenvalue weighted by Crippen LogP contribution is 2.30. The number of nitrogens with one attached hydrogen (secondary N) is 1. The van der Waals surface area contributed by atoms with Crippen molar-refractivity contribution in [1.29, 1.82) is 0 Å². The zero-order valence-electron chi connectivity index (χ0n) is 9.28. The predicted molar refractivity (Wildman–Crippen MR) is 61.8 cm³/mol. The predicted octanol–water partition coefficient (Wildman–Crippen LogP) is 2.37. The Morgan fingerprint density at radius 3 is 2.67 bits per heavy atom. The Morgan fingerprint density at radius 1 is 1.33 bits per heavy atom. The second-order valence-corrected chi connectivity index (χ2v) is 4.23. The van der Waals surface area contributed by atoms with Crippen LogP contribution in [0.1, 0.15) is 24.5 Å². The van der Waals surface area contributed by atoms with Gasteiger partial charge in [0.2, 0.25) is 0 Å². The first-order valence-electron chi connectivity index (χ1n) is 5.71. The Kier molecular flexibility index (Phi) is 3.75. The summed E-state index contributed by atoms with van der Waals surface area (Å²) < 4.78 is 5.93. The molecule has 1 aromatic rings. The third kappa shape index (κ3) is 3.33. The van der Waals surface area contributed by atoms with Gasteiger partial charge >= 0.3 is 0 Å². The van der Waals surface area contributed by atoms with Gasteiger partial charge < -0.3 is 10.1 Å². The minimum absolute atomic E-state index is 0.205. The Balaban J connectivity index is 1.91.